The Morgan fingerprint density at radius 2 is 1.75 bits per heavy atom. The zero-order valence-corrected chi connectivity index (χ0v) is 15.6. The molecule has 1 amide bonds. The first-order valence-electron chi connectivity index (χ1n) is 9.18. The van der Waals surface area contributed by atoms with E-state index in [0.717, 1.165) is 32.4 Å². The Kier molecular flexibility index (Phi) is 6.41. The average Bonchev–Trinajstić information content (AvgIpc) is 2.55. The van der Waals surface area contributed by atoms with E-state index in [2.05, 4.69) is 48.3 Å². The number of piperidine rings is 1. The molecule has 0 spiro atoms. The van der Waals surface area contributed by atoms with E-state index in [-0.39, 0.29) is 17.4 Å². The second-order valence-corrected chi connectivity index (χ2v) is 7.83. The first-order valence-corrected chi connectivity index (χ1v) is 9.18. The number of likely N-dealkylation sites (tertiary alicyclic amines) is 1. The normalized spacial score (nSPS) is 19.5. The highest BCUT2D eigenvalue weighted by Gasteiger charge is 2.37. The molecule has 1 atom stereocenters. The van der Waals surface area contributed by atoms with Crippen LogP contribution in [-0.4, -0.2) is 41.5 Å². The molecule has 1 aromatic rings. The Bertz CT molecular complexity index is 519. The number of nitrogens with zero attached hydrogens (tertiary/aromatic N) is 1. The van der Waals surface area contributed by atoms with Gasteiger partial charge in [0.15, 0.2) is 0 Å². The van der Waals surface area contributed by atoms with E-state index in [4.69, 9.17) is 5.73 Å². The van der Waals surface area contributed by atoms with Crippen LogP contribution < -0.4 is 11.1 Å². The molecule has 1 saturated heterocycles. The van der Waals surface area contributed by atoms with Crippen LogP contribution in [0.3, 0.4) is 0 Å². The van der Waals surface area contributed by atoms with Gasteiger partial charge in [0.05, 0.1) is 6.04 Å². The molecule has 1 heterocycles. The third-order valence-corrected chi connectivity index (χ3v) is 5.28. The molecule has 134 valence electrons. The smallest absolute Gasteiger partial charge is 0.237 e. The molecule has 0 aromatic heterocycles. The number of hydrogen-bond acceptors (Lipinski definition) is 3. The number of hydrogen-bond donors (Lipinski definition) is 2. The molecule has 3 N–H and O–H groups in total. The molecule has 1 aromatic carbocycles. The Morgan fingerprint density at radius 1 is 1.17 bits per heavy atom. The maximum atomic E-state index is 12.6. The lowest BCUT2D eigenvalue weighted by Crippen LogP contribution is -2.60. The van der Waals surface area contributed by atoms with Gasteiger partial charge in [-0.05, 0) is 44.6 Å². The molecule has 1 aliphatic heterocycles. The predicted molar refractivity (Wildman–Crippen MR) is 99.8 cm³/mol. The van der Waals surface area contributed by atoms with Gasteiger partial charge < -0.3 is 16.0 Å². The summed E-state index contributed by atoms with van der Waals surface area (Å²) in [5.74, 6) is 0.133. The van der Waals surface area contributed by atoms with Crippen LogP contribution in [0, 0.1) is 5.92 Å². The third kappa shape index (κ3) is 4.81. The number of carbonyl (C=O) groups excluding carboxylic acids is 1. The van der Waals surface area contributed by atoms with Gasteiger partial charge in [-0.3, -0.25) is 4.79 Å². The molecular formula is C20H33N3O. The molecule has 4 heteroatoms. The molecule has 0 aliphatic carbocycles. The highest BCUT2D eigenvalue weighted by atomic mass is 16.2. The lowest BCUT2D eigenvalue weighted by molar-refractivity contribution is -0.125. The lowest BCUT2D eigenvalue weighted by Gasteiger charge is -2.44. The fourth-order valence-electron chi connectivity index (χ4n) is 3.45. The van der Waals surface area contributed by atoms with Crippen LogP contribution in [0.25, 0.3) is 0 Å². The zero-order valence-electron chi connectivity index (χ0n) is 15.6. The Labute approximate surface area is 146 Å². The van der Waals surface area contributed by atoms with Crippen LogP contribution >= 0.6 is 0 Å². The maximum Gasteiger partial charge on any atom is 0.237 e. The van der Waals surface area contributed by atoms with Crippen molar-refractivity contribution in [1.82, 2.24) is 10.2 Å². The van der Waals surface area contributed by atoms with Gasteiger partial charge in [0.1, 0.15) is 0 Å². The number of rotatable bonds is 6. The van der Waals surface area contributed by atoms with Gasteiger partial charge in [-0.15, -0.1) is 0 Å². The highest BCUT2D eigenvalue weighted by molar-refractivity contribution is 5.82. The monoisotopic (exact) mass is 331 g/mol. The average molecular weight is 332 g/mol. The molecule has 0 radical (unpaired) electrons. The Hall–Kier alpha value is -1.39. The summed E-state index contributed by atoms with van der Waals surface area (Å²) in [4.78, 5) is 15.1. The Morgan fingerprint density at radius 3 is 2.25 bits per heavy atom. The van der Waals surface area contributed by atoms with E-state index >= 15 is 0 Å². The van der Waals surface area contributed by atoms with Crippen molar-refractivity contribution in [3.05, 3.63) is 35.9 Å². The summed E-state index contributed by atoms with van der Waals surface area (Å²) in [6, 6.07) is 10.6. The van der Waals surface area contributed by atoms with Gasteiger partial charge in [0.25, 0.3) is 0 Å². The second kappa shape index (κ2) is 8.13. The van der Waals surface area contributed by atoms with E-state index in [1.165, 1.54) is 5.56 Å². The van der Waals surface area contributed by atoms with Crippen LogP contribution in [0.2, 0.25) is 0 Å². The summed E-state index contributed by atoms with van der Waals surface area (Å²) in [6.07, 6.45) is 2.81. The first kappa shape index (κ1) is 18.9. The van der Waals surface area contributed by atoms with Gasteiger partial charge in [0.2, 0.25) is 5.91 Å². The van der Waals surface area contributed by atoms with Gasteiger partial charge in [-0.25, -0.2) is 0 Å². The van der Waals surface area contributed by atoms with E-state index in [1.807, 2.05) is 19.9 Å². The number of nitrogens with one attached hydrogen (secondary N) is 1. The van der Waals surface area contributed by atoms with Crippen molar-refractivity contribution in [2.24, 2.45) is 11.7 Å². The molecule has 1 aliphatic rings. The molecule has 1 fully saturated rings. The van der Waals surface area contributed by atoms with Crippen molar-refractivity contribution < 1.29 is 4.79 Å². The van der Waals surface area contributed by atoms with Crippen molar-refractivity contribution in [2.75, 3.05) is 13.1 Å². The number of carbonyl (C=O) groups is 1. The first-order chi connectivity index (χ1) is 11.3. The summed E-state index contributed by atoms with van der Waals surface area (Å²) in [5.41, 5.74) is 7.17. The van der Waals surface area contributed by atoms with Crippen molar-refractivity contribution in [3.8, 4) is 0 Å². The van der Waals surface area contributed by atoms with Crippen LogP contribution in [-0.2, 0) is 11.2 Å². The number of amides is 1. The van der Waals surface area contributed by atoms with Crippen molar-refractivity contribution in [3.63, 3.8) is 0 Å². The van der Waals surface area contributed by atoms with Crippen molar-refractivity contribution >= 4 is 5.91 Å². The second-order valence-electron chi connectivity index (χ2n) is 7.83. The van der Waals surface area contributed by atoms with E-state index < -0.39 is 6.04 Å². The summed E-state index contributed by atoms with van der Waals surface area (Å²) in [7, 11) is 0. The van der Waals surface area contributed by atoms with Crippen LogP contribution in [0.4, 0.5) is 0 Å². The summed E-state index contributed by atoms with van der Waals surface area (Å²) in [6.45, 7) is 10.5. The molecule has 24 heavy (non-hydrogen) atoms. The van der Waals surface area contributed by atoms with Gasteiger partial charge in [-0.1, -0.05) is 44.2 Å². The highest BCUT2D eigenvalue weighted by Crippen LogP contribution is 2.28. The summed E-state index contributed by atoms with van der Waals surface area (Å²) < 4.78 is 0. The topological polar surface area (TPSA) is 58.4 Å². The molecule has 0 bridgehead atoms. The zero-order chi connectivity index (χ0) is 17.7. The minimum atomic E-state index is -0.444. The number of nitrogens with two attached hydrogens (primary N) is 1. The van der Waals surface area contributed by atoms with Crippen LogP contribution in [0.15, 0.2) is 30.3 Å². The largest absolute Gasteiger partial charge is 0.349 e. The van der Waals surface area contributed by atoms with E-state index in [0.29, 0.717) is 6.04 Å². The molecule has 0 saturated carbocycles. The van der Waals surface area contributed by atoms with E-state index in [9.17, 15) is 4.79 Å². The minimum absolute atomic E-state index is 0.0149. The quantitative estimate of drug-likeness (QED) is 0.842. The standard InChI is InChI=1S/C20H33N3O/c1-15(2)18(21)19(24)22-20(14-17-8-6-5-7-9-17)10-12-23(13-11-20)16(3)4/h5-9,15-16,18H,10-14,21H2,1-4H3,(H,22,24). The third-order valence-electron chi connectivity index (χ3n) is 5.28. The van der Waals surface area contributed by atoms with Crippen molar-refractivity contribution in [2.45, 2.75) is 64.6 Å². The molecule has 2 rings (SSSR count). The van der Waals surface area contributed by atoms with Crippen LogP contribution in [0.1, 0.15) is 46.1 Å². The number of benzene rings is 1. The molecule has 1 unspecified atom stereocenters. The fourth-order valence-corrected chi connectivity index (χ4v) is 3.45. The molecular weight excluding hydrogens is 298 g/mol. The predicted octanol–water partition coefficient (Wildman–Crippen LogP) is 2.57. The van der Waals surface area contributed by atoms with Gasteiger partial charge in [-0.2, -0.15) is 0 Å². The Balaban J connectivity index is 2.14. The lowest BCUT2D eigenvalue weighted by atomic mass is 9.81. The minimum Gasteiger partial charge on any atom is -0.349 e. The van der Waals surface area contributed by atoms with E-state index in [1.54, 1.807) is 0 Å². The summed E-state index contributed by atoms with van der Waals surface area (Å²) in [5, 5.41) is 3.33. The SMILES string of the molecule is CC(C)C(N)C(=O)NC1(Cc2ccccc2)CCN(C(C)C)CC1. The molecule has 4 nitrogen and oxygen atoms in total. The fraction of sp³-hybridized carbons (Fsp3) is 0.650. The van der Waals surface area contributed by atoms with Gasteiger partial charge >= 0.3 is 0 Å². The van der Waals surface area contributed by atoms with Crippen molar-refractivity contribution in [1.29, 1.82) is 0 Å². The summed E-state index contributed by atoms with van der Waals surface area (Å²) >= 11 is 0. The maximum absolute atomic E-state index is 12.6. The van der Waals surface area contributed by atoms with Gasteiger partial charge in [0, 0.05) is 24.7 Å². The van der Waals surface area contributed by atoms with Crippen LogP contribution in [0.5, 0.6) is 0 Å².